The van der Waals surface area contributed by atoms with E-state index in [1.807, 2.05) is 25.1 Å². The molecule has 0 radical (unpaired) electrons. The molecule has 0 heterocycles. The van der Waals surface area contributed by atoms with Crippen molar-refractivity contribution in [2.24, 2.45) is 0 Å². The molecule has 2 aromatic rings. The Kier molecular flexibility index (Phi) is 6.14. The number of aryl methyl sites for hydroxylation is 3. The summed E-state index contributed by atoms with van der Waals surface area (Å²) >= 11 is 0. The van der Waals surface area contributed by atoms with E-state index in [4.69, 9.17) is 4.74 Å². The predicted molar refractivity (Wildman–Crippen MR) is 83.0 cm³/mol. The molecule has 0 saturated carbocycles. The lowest BCUT2D eigenvalue weighted by molar-refractivity contribution is 0.339. The van der Waals surface area contributed by atoms with Crippen LogP contribution < -0.4 is 4.74 Å². The number of hydrogen-bond donors (Lipinski definition) is 0. The van der Waals surface area contributed by atoms with Crippen molar-refractivity contribution in [3.63, 3.8) is 0 Å². The Balaban J connectivity index is 0.000000218. The summed E-state index contributed by atoms with van der Waals surface area (Å²) in [4.78, 5) is 0. The van der Waals surface area contributed by atoms with Crippen molar-refractivity contribution in [1.29, 1.82) is 0 Å². The van der Waals surface area contributed by atoms with Gasteiger partial charge in [0.05, 0.1) is 6.61 Å². The van der Waals surface area contributed by atoms with Crippen molar-refractivity contribution < 1.29 is 4.74 Å². The van der Waals surface area contributed by atoms with Gasteiger partial charge in [0.15, 0.2) is 0 Å². The second kappa shape index (κ2) is 7.63. The fraction of sp³-hybridized carbons (Fsp3) is 0.333. The molecule has 0 aliphatic rings. The third kappa shape index (κ3) is 5.17. The van der Waals surface area contributed by atoms with E-state index in [0.29, 0.717) is 0 Å². The Morgan fingerprint density at radius 2 is 1.37 bits per heavy atom. The minimum atomic E-state index is 0.738. The van der Waals surface area contributed by atoms with Crippen LogP contribution in [0.5, 0.6) is 5.75 Å². The van der Waals surface area contributed by atoms with Crippen molar-refractivity contribution >= 4 is 0 Å². The second-order valence-electron chi connectivity index (χ2n) is 4.77. The maximum Gasteiger partial charge on any atom is 0.119 e. The fourth-order valence-corrected chi connectivity index (χ4v) is 1.78. The van der Waals surface area contributed by atoms with Crippen molar-refractivity contribution in [3.8, 4) is 5.75 Å². The van der Waals surface area contributed by atoms with Gasteiger partial charge in [0.25, 0.3) is 0 Å². The van der Waals surface area contributed by atoms with Gasteiger partial charge in [-0.05, 0) is 63.4 Å². The molecule has 102 valence electrons. The van der Waals surface area contributed by atoms with Crippen LogP contribution in [0.25, 0.3) is 0 Å². The summed E-state index contributed by atoms with van der Waals surface area (Å²) in [5.41, 5.74) is 5.29. The summed E-state index contributed by atoms with van der Waals surface area (Å²) in [5, 5.41) is 0. The number of ether oxygens (including phenoxy) is 1. The van der Waals surface area contributed by atoms with Gasteiger partial charge in [-0.15, -0.1) is 0 Å². The Morgan fingerprint density at radius 1 is 0.842 bits per heavy atom. The van der Waals surface area contributed by atoms with E-state index in [2.05, 4.69) is 52.0 Å². The van der Waals surface area contributed by atoms with E-state index in [1.54, 1.807) is 0 Å². The maximum atomic E-state index is 5.42. The Morgan fingerprint density at radius 3 is 1.74 bits per heavy atom. The van der Waals surface area contributed by atoms with Gasteiger partial charge in [-0.1, -0.05) is 35.9 Å². The maximum absolute atomic E-state index is 5.42. The summed E-state index contributed by atoms with van der Waals surface area (Å²) in [7, 11) is 0. The molecule has 0 fully saturated rings. The third-order valence-electron chi connectivity index (χ3n) is 3.15. The van der Waals surface area contributed by atoms with E-state index in [-0.39, 0.29) is 0 Å². The van der Waals surface area contributed by atoms with Crippen LogP contribution in [-0.2, 0) is 0 Å². The zero-order valence-electron chi connectivity index (χ0n) is 12.7. The molecule has 2 aromatic carbocycles. The zero-order valence-corrected chi connectivity index (χ0v) is 12.7. The molecule has 1 heteroatoms. The predicted octanol–water partition coefficient (Wildman–Crippen LogP) is 5.01. The van der Waals surface area contributed by atoms with Crippen LogP contribution in [0.3, 0.4) is 0 Å². The van der Waals surface area contributed by atoms with Crippen LogP contribution in [0.2, 0.25) is 0 Å². The van der Waals surface area contributed by atoms with Gasteiger partial charge in [0, 0.05) is 0 Å². The first-order valence-corrected chi connectivity index (χ1v) is 6.77. The lowest BCUT2D eigenvalue weighted by Crippen LogP contribution is -1.94. The van der Waals surface area contributed by atoms with E-state index in [0.717, 1.165) is 12.4 Å². The molecule has 0 atom stereocenters. The molecule has 0 aromatic heterocycles. The molecule has 0 aliphatic carbocycles. The van der Waals surface area contributed by atoms with E-state index < -0.39 is 0 Å². The van der Waals surface area contributed by atoms with Gasteiger partial charge in [-0.25, -0.2) is 0 Å². The Hall–Kier alpha value is -1.76. The highest BCUT2D eigenvalue weighted by molar-refractivity contribution is 5.40. The minimum Gasteiger partial charge on any atom is -0.494 e. The summed E-state index contributed by atoms with van der Waals surface area (Å²) in [6, 6.07) is 14.4. The Bertz CT molecular complexity index is 477. The molecule has 0 aliphatic heterocycles. The average molecular weight is 256 g/mol. The van der Waals surface area contributed by atoms with Gasteiger partial charge in [-0.2, -0.15) is 0 Å². The molecular weight excluding hydrogens is 232 g/mol. The summed E-state index contributed by atoms with van der Waals surface area (Å²) in [5.74, 6) is 0.984. The van der Waals surface area contributed by atoms with E-state index in [1.165, 1.54) is 22.3 Å². The SMILES string of the molecule is CCOc1cc(C)c(C)c(C)c1.Cc1ccccc1. The molecular formula is C18H24O. The molecule has 1 nitrogen and oxygen atoms in total. The van der Waals surface area contributed by atoms with Crippen LogP contribution in [0.1, 0.15) is 29.2 Å². The summed E-state index contributed by atoms with van der Waals surface area (Å²) < 4.78 is 5.42. The highest BCUT2D eigenvalue weighted by Gasteiger charge is 2.00. The van der Waals surface area contributed by atoms with Gasteiger partial charge >= 0.3 is 0 Å². The average Bonchev–Trinajstić information content (AvgIpc) is 2.38. The van der Waals surface area contributed by atoms with Crippen molar-refractivity contribution in [1.82, 2.24) is 0 Å². The second-order valence-corrected chi connectivity index (χ2v) is 4.77. The first kappa shape index (κ1) is 15.3. The third-order valence-corrected chi connectivity index (χ3v) is 3.15. The van der Waals surface area contributed by atoms with Crippen LogP contribution in [0, 0.1) is 27.7 Å². The number of hydrogen-bond acceptors (Lipinski definition) is 1. The van der Waals surface area contributed by atoms with Gasteiger partial charge in [-0.3, -0.25) is 0 Å². The van der Waals surface area contributed by atoms with Crippen LogP contribution in [0.4, 0.5) is 0 Å². The van der Waals surface area contributed by atoms with Crippen molar-refractivity contribution in [2.45, 2.75) is 34.6 Å². The van der Waals surface area contributed by atoms with Crippen molar-refractivity contribution in [3.05, 3.63) is 64.7 Å². The molecule has 0 N–H and O–H groups in total. The monoisotopic (exact) mass is 256 g/mol. The first-order chi connectivity index (χ1) is 9.04. The van der Waals surface area contributed by atoms with E-state index in [9.17, 15) is 0 Å². The largest absolute Gasteiger partial charge is 0.494 e. The first-order valence-electron chi connectivity index (χ1n) is 6.77. The topological polar surface area (TPSA) is 9.23 Å². The number of benzene rings is 2. The molecule has 0 bridgehead atoms. The molecule has 0 amide bonds. The lowest BCUT2D eigenvalue weighted by atomic mass is 10.0. The molecule has 19 heavy (non-hydrogen) atoms. The highest BCUT2D eigenvalue weighted by Crippen LogP contribution is 2.20. The van der Waals surface area contributed by atoms with Crippen LogP contribution >= 0.6 is 0 Å². The normalized spacial score (nSPS) is 9.53. The minimum absolute atomic E-state index is 0.738. The standard InChI is InChI=1S/C11H16O.C7H8/c1-5-12-11-6-8(2)10(4)9(3)7-11;1-7-5-3-2-4-6-7/h6-7H,5H2,1-4H3;2-6H,1H3. The molecule has 0 saturated heterocycles. The number of rotatable bonds is 2. The molecule has 0 spiro atoms. The van der Waals surface area contributed by atoms with Crippen molar-refractivity contribution in [2.75, 3.05) is 6.61 Å². The smallest absolute Gasteiger partial charge is 0.119 e. The van der Waals surface area contributed by atoms with Gasteiger partial charge in [0.2, 0.25) is 0 Å². The molecule has 0 unspecified atom stereocenters. The highest BCUT2D eigenvalue weighted by atomic mass is 16.5. The van der Waals surface area contributed by atoms with E-state index >= 15 is 0 Å². The lowest BCUT2D eigenvalue weighted by Gasteiger charge is -2.08. The molecule has 2 rings (SSSR count). The van der Waals surface area contributed by atoms with Crippen LogP contribution in [-0.4, -0.2) is 6.61 Å². The van der Waals surface area contributed by atoms with Crippen LogP contribution in [0.15, 0.2) is 42.5 Å². The Labute approximate surface area is 117 Å². The zero-order chi connectivity index (χ0) is 14.3. The summed E-state index contributed by atoms with van der Waals surface area (Å²) in [6.07, 6.45) is 0. The quantitative estimate of drug-likeness (QED) is 0.734. The summed E-state index contributed by atoms with van der Waals surface area (Å²) in [6.45, 7) is 11.2. The van der Waals surface area contributed by atoms with Gasteiger partial charge < -0.3 is 4.74 Å². The van der Waals surface area contributed by atoms with Gasteiger partial charge in [0.1, 0.15) is 5.75 Å². The fourth-order valence-electron chi connectivity index (χ4n) is 1.78.